The molecule has 0 amide bonds. The first-order valence-electron chi connectivity index (χ1n) is 8.42. The fraction of sp³-hybridized carbons (Fsp3) is 0.167. The molecule has 1 aliphatic carbocycles. The molecule has 0 fully saturated rings. The van der Waals surface area contributed by atoms with Crippen LogP contribution in [0.5, 0.6) is 11.5 Å². The van der Waals surface area contributed by atoms with Crippen LogP contribution in [0.25, 0.3) is 0 Å². The molecule has 1 aromatic carbocycles. The average molecular weight is 415 g/mol. The third kappa shape index (κ3) is 2.92. The number of anilines is 2. The number of allylic oxidation sites excluding steroid dienone is 2. The van der Waals surface area contributed by atoms with Crippen LogP contribution in [-0.4, -0.2) is 28.0 Å². The van der Waals surface area contributed by atoms with Gasteiger partial charge in [-0.2, -0.15) is 0 Å². The molecule has 0 radical (unpaired) electrons. The van der Waals surface area contributed by atoms with Gasteiger partial charge in [-0.15, -0.1) is 0 Å². The molecular formula is C18H15ClN6O2S. The third-order valence-electron chi connectivity index (χ3n) is 4.44. The van der Waals surface area contributed by atoms with Crippen LogP contribution >= 0.6 is 23.4 Å². The van der Waals surface area contributed by atoms with E-state index in [1.165, 1.54) is 11.8 Å². The van der Waals surface area contributed by atoms with Gasteiger partial charge in [0.25, 0.3) is 0 Å². The minimum absolute atomic E-state index is 0.146. The van der Waals surface area contributed by atoms with E-state index in [2.05, 4.69) is 20.3 Å². The molecule has 5 rings (SSSR count). The van der Waals surface area contributed by atoms with Crippen LogP contribution < -0.4 is 26.3 Å². The van der Waals surface area contributed by atoms with Gasteiger partial charge in [0.05, 0.1) is 10.7 Å². The molecule has 0 saturated heterocycles. The van der Waals surface area contributed by atoms with Gasteiger partial charge in [0.1, 0.15) is 22.5 Å². The van der Waals surface area contributed by atoms with Crippen LogP contribution in [-0.2, 0) is 5.54 Å². The zero-order valence-corrected chi connectivity index (χ0v) is 16.0. The number of fused-ring (bicyclic) bond motifs is 2. The molecule has 5 N–H and O–H groups in total. The first-order chi connectivity index (χ1) is 13.5. The van der Waals surface area contributed by atoms with Crippen LogP contribution in [0.1, 0.15) is 5.82 Å². The van der Waals surface area contributed by atoms with Gasteiger partial charge in [0, 0.05) is 11.1 Å². The second kappa shape index (κ2) is 6.49. The number of hydrogen-bond acceptors (Lipinski definition) is 9. The van der Waals surface area contributed by atoms with E-state index in [-0.39, 0.29) is 12.3 Å². The number of rotatable bonds is 3. The summed E-state index contributed by atoms with van der Waals surface area (Å²) in [6.45, 7) is 0.146. The number of thioether (sulfide) groups is 1. The molecule has 28 heavy (non-hydrogen) atoms. The van der Waals surface area contributed by atoms with Crippen LogP contribution in [0.15, 0.2) is 52.5 Å². The number of benzene rings is 1. The highest BCUT2D eigenvalue weighted by Gasteiger charge is 2.33. The molecule has 2 unspecified atom stereocenters. The summed E-state index contributed by atoms with van der Waals surface area (Å²) in [7, 11) is 0. The molecule has 142 valence electrons. The maximum Gasteiger partial charge on any atom is 0.231 e. The van der Waals surface area contributed by atoms with E-state index in [4.69, 9.17) is 32.5 Å². The van der Waals surface area contributed by atoms with Gasteiger partial charge in [-0.3, -0.25) is 4.99 Å². The van der Waals surface area contributed by atoms with Crippen molar-refractivity contribution in [2.45, 2.75) is 11.0 Å². The van der Waals surface area contributed by atoms with Crippen molar-refractivity contribution in [3.8, 4) is 11.5 Å². The first kappa shape index (κ1) is 17.5. The Morgan fingerprint density at radius 3 is 3.07 bits per heavy atom. The zero-order chi connectivity index (χ0) is 19.3. The number of aromatic nitrogens is 2. The number of hydrogen-bond donors (Lipinski definition) is 3. The molecular weight excluding hydrogens is 400 g/mol. The van der Waals surface area contributed by atoms with Gasteiger partial charge in [-0.05, 0) is 30.4 Å². The van der Waals surface area contributed by atoms with E-state index in [0.717, 1.165) is 10.6 Å². The second-order valence-corrected chi connectivity index (χ2v) is 7.91. The molecule has 2 atom stereocenters. The van der Waals surface area contributed by atoms with Crippen molar-refractivity contribution in [3.05, 3.63) is 58.4 Å². The van der Waals surface area contributed by atoms with Gasteiger partial charge in [-0.25, -0.2) is 9.97 Å². The summed E-state index contributed by atoms with van der Waals surface area (Å²) in [4.78, 5) is 14.2. The molecule has 2 aliphatic heterocycles. The molecule has 2 aromatic rings. The van der Waals surface area contributed by atoms with Crippen molar-refractivity contribution in [1.29, 1.82) is 0 Å². The van der Waals surface area contributed by atoms with Gasteiger partial charge < -0.3 is 26.3 Å². The predicted molar refractivity (Wildman–Crippen MR) is 109 cm³/mol. The Morgan fingerprint density at radius 2 is 2.18 bits per heavy atom. The van der Waals surface area contributed by atoms with Crippen LogP contribution in [0.3, 0.4) is 0 Å². The Labute approximate surface area is 169 Å². The van der Waals surface area contributed by atoms with E-state index in [1.54, 1.807) is 24.4 Å². The Hall–Kier alpha value is -2.59. The molecule has 1 aromatic heterocycles. The lowest BCUT2D eigenvalue weighted by Gasteiger charge is -2.24. The Morgan fingerprint density at radius 1 is 1.29 bits per heavy atom. The quantitative estimate of drug-likeness (QED) is 0.700. The van der Waals surface area contributed by atoms with Crippen LogP contribution in [0.2, 0.25) is 5.02 Å². The summed E-state index contributed by atoms with van der Waals surface area (Å²) >= 11 is 7.79. The fourth-order valence-corrected chi connectivity index (χ4v) is 4.23. The third-order valence-corrected chi connectivity index (χ3v) is 5.68. The number of nitrogens with one attached hydrogen (secondary N) is 1. The summed E-state index contributed by atoms with van der Waals surface area (Å²) in [5, 5.41) is 3.67. The maximum atomic E-state index is 6.57. The Bertz CT molecular complexity index is 1070. The molecule has 3 heterocycles. The first-order valence-corrected chi connectivity index (χ1v) is 9.68. The van der Waals surface area contributed by atoms with Gasteiger partial charge in [0.15, 0.2) is 17.3 Å². The van der Waals surface area contributed by atoms with E-state index < -0.39 is 5.54 Å². The Balaban J connectivity index is 1.48. The minimum Gasteiger partial charge on any atom is -0.454 e. The lowest BCUT2D eigenvalue weighted by atomic mass is 9.93. The van der Waals surface area contributed by atoms with Crippen molar-refractivity contribution in [2.75, 3.05) is 12.1 Å². The smallest absolute Gasteiger partial charge is 0.231 e. The predicted octanol–water partition coefficient (Wildman–Crippen LogP) is 2.64. The van der Waals surface area contributed by atoms with Crippen molar-refractivity contribution in [1.82, 2.24) is 9.97 Å². The maximum absolute atomic E-state index is 6.57. The standard InChI is InChI=1S/C18H15ClN6O2S/c19-9-1-2-11-15(27-8-26-11)14(9)24-13-4-6-22-16(25-13)18(21)5-3-10-12(7-18)28-17(20)23-10/h1-7,17H,8,20-21H2,(H,22,24,25). The topological polar surface area (TPSA) is 121 Å². The monoisotopic (exact) mass is 414 g/mol. The minimum atomic E-state index is -0.967. The largest absolute Gasteiger partial charge is 0.454 e. The molecule has 8 nitrogen and oxygen atoms in total. The van der Waals surface area contributed by atoms with E-state index in [1.807, 2.05) is 18.2 Å². The van der Waals surface area contributed by atoms with Gasteiger partial charge >= 0.3 is 0 Å². The lowest BCUT2D eigenvalue weighted by Crippen LogP contribution is -2.36. The normalized spacial score (nSPS) is 24.6. The second-order valence-electron chi connectivity index (χ2n) is 6.34. The lowest BCUT2D eigenvalue weighted by molar-refractivity contribution is 0.174. The molecule has 0 spiro atoms. The van der Waals surface area contributed by atoms with E-state index in [9.17, 15) is 0 Å². The SMILES string of the molecule is NC1N=C2C=CC(N)(c3nccc(Nc4c(Cl)ccc5c4OCO5)n3)C=C2S1. The Kier molecular flexibility index (Phi) is 4.06. The van der Waals surface area contributed by atoms with Crippen molar-refractivity contribution >= 4 is 40.6 Å². The fourth-order valence-electron chi connectivity index (χ4n) is 3.10. The summed E-state index contributed by atoms with van der Waals surface area (Å²) in [6.07, 6.45) is 7.19. The highest BCUT2D eigenvalue weighted by atomic mass is 35.5. The summed E-state index contributed by atoms with van der Waals surface area (Å²) < 4.78 is 10.9. The van der Waals surface area contributed by atoms with Crippen molar-refractivity contribution in [2.24, 2.45) is 16.5 Å². The van der Waals surface area contributed by atoms with Gasteiger partial charge in [-0.1, -0.05) is 29.4 Å². The zero-order valence-electron chi connectivity index (χ0n) is 14.4. The number of halogens is 1. The van der Waals surface area contributed by atoms with Crippen LogP contribution in [0.4, 0.5) is 11.5 Å². The average Bonchev–Trinajstić information content (AvgIpc) is 3.29. The summed E-state index contributed by atoms with van der Waals surface area (Å²) in [5.41, 5.74) is 12.6. The number of aliphatic imine (C=N–C) groups is 1. The molecule has 3 aliphatic rings. The molecule has 0 saturated carbocycles. The number of ether oxygens (including phenoxy) is 2. The number of nitrogens with two attached hydrogens (primary N) is 2. The molecule has 10 heteroatoms. The molecule has 0 bridgehead atoms. The summed E-state index contributed by atoms with van der Waals surface area (Å²) in [6, 6.07) is 5.23. The summed E-state index contributed by atoms with van der Waals surface area (Å²) in [5.74, 6) is 2.13. The van der Waals surface area contributed by atoms with Crippen molar-refractivity contribution in [3.63, 3.8) is 0 Å². The van der Waals surface area contributed by atoms with Crippen LogP contribution in [0, 0.1) is 0 Å². The van der Waals surface area contributed by atoms with E-state index in [0.29, 0.717) is 33.9 Å². The van der Waals surface area contributed by atoms with Crippen molar-refractivity contribution < 1.29 is 9.47 Å². The highest BCUT2D eigenvalue weighted by molar-refractivity contribution is 8.05. The number of nitrogens with zero attached hydrogens (tertiary/aromatic N) is 3. The highest BCUT2D eigenvalue weighted by Crippen LogP contribution is 2.44. The van der Waals surface area contributed by atoms with Gasteiger partial charge in [0.2, 0.25) is 6.79 Å². The van der Waals surface area contributed by atoms with E-state index >= 15 is 0 Å².